The molecule has 0 spiro atoms. The number of ether oxygens (including phenoxy) is 3. The van der Waals surface area contributed by atoms with Gasteiger partial charge in [-0.2, -0.15) is 11.8 Å². The summed E-state index contributed by atoms with van der Waals surface area (Å²) in [6.45, 7) is 7.13. The van der Waals surface area contributed by atoms with Gasteiger partial charge in [-0.25, -0.2) is 0 Å². The van der Waals surface area contributed by atoms with Crippen molar-refractivity contribution in [2.75, 3.05) is 31.5 Å². The Balaban J connectivity index is 2.01. The summed E-state index contributed by atoms with van der Waals surface area (Å²) >= 11 is 1.88. The summed E-state index contributed by atoms with van der Waals surface area (Å²) < 4.78 is 16.8. The number of thioether (sulfide) groups is 1. The number of benzene rings is 1. The summed E-state index contributed by atoms with van der Waals surface area (Å²) in [6.07, 6.45) is 1.12. The van der Waals surface area contributed by atoms with Crippen LogP contribution in [-0.4, -0.2) is 31.5 Å². The number of rotatable bonds is 9. The zero-order valence-electron chi connectivity index (χ0n) is 12.2. The molecule has 5 heteroatoms. The molecule has 0 aromatic heterocycles. The van der Waals surface area contributed by atoms with Crippen molar-refractivity contribution in [2.45, 2.75) is 26.8 Å². The lowest BCUT2D eigenvalue weighted by atomic mass is 10.1. The van der Waals surface area contributed by atoms with E-state index in [1.54, 1.807) is 0 Å². The molecule has 1 aromatic carbocycles. The number of fused-ring (bicyclic) bond motifs is 1. The van der Waals surface area contributed by atoms with E-state index in [4.69, 9.17) is 14.2 Å². The molecule has 0 saturated heterocycles. The van der Waals surface area contributed by atoms with Gasteiger partial charge in [0.2, 0.25) is 6.79 Å². The Bertz CT molecular complexity index is 426. The van der Waals surface area contributed by atoms with Crippen LogP contribution in [0.5, 0.6) is 17.2 Å². The monoisotopic (exact) mass is 297 g/mol. The maximum atomic E-state index is 5.90. The molecule has 0 fully saturated rings. The highest BCUT2D eigenvalue weighted by Gasteiger charge is 2.17. The standard InChI is InChI=1S/C15H23NO3S/c1-3-5-16-10-12-8-14-15(19-11-18-14)9-13(12)17-6-7-20-4-2/h8-9,16H,3-7,10-11H2,1-2H3. The minimum Gasteiger partial charge on any atom is -0.492 e. The van der Waals surface area contributed by atoms with Crippen molar-refractivity contribution < 1.29 is 14.2 Å². The third-order valence-electron chi connectivity index (χ3n) is 2.99. The van der Waals surface area contributed by atoms with Crippen LogP contribution >= 0.6 is 11.8 Å². The van der Waals surface area contributed by atoms with Crippen molar-refractivity contribution in [3.63, 3.8) is 0 Å². The molecule has 0 bridgehead atoms. The molecule has 2 rings (SSSR count). The van der Waals surface area contributed by atoms with E-state index in [0.29, 0.717) is 6.79 Å². The first kappa shape index (κ1) is 15.3. The third kappa shape index (κ3) is 4.21. The lowest BCUT2D eigenvalue weighted by Crippen LogP contribution is -2.15. The molecule has 1 aliphatic rings. The highest BCUT2D eigenvalue weighted by molar-refractivity contribution is 7.99. The molecule has 1 heterocycles. The van der Waals surface area contributed by atoms with Gasteiger partial charge in [-0.15, -0.1) is 0 Å². The van der Waals surface area contributed by atoms with Crippen molar-refractivity contribution in [2.24, 2.45) is 0 Å². The number of hydrogen-bond acceptors (Lipinski definition) is 5. The first-order valence-corrected chi connectivity index (χ1v) is 8.34. The summed E-state index contributed by atoms with van der Waals surface area (Å²) in [6, 6.07) is 3.97. The second kappa shape index (κ2) is 8.27. The van der Waals surface area contributed by atoms with Crippen LogP contribution in [0.2, 0.25) is 0 Å². The van der Waals surface area contributed by atoms with E-state index in [2.05, 4.69) is 19.2 Å². The molecule has 1 N–H and O–H groups in total. The second-order valence-electron chi connectivity index (χ2n) is 4.54. The average molecular weight is 297 g/mol. The third-order valence-corrected chi connectivity index (χ3v) is 3.85. The fourth-order valence-electron chi connectivity index (χ4n) is 1.99. The van der Waals surface area contributed by atoms with Crippen molar-refractivity contribution in [1.82, 2.24) is 5.32 Å². The highest BCUT2D eigenvalue weighted by atomic mass is 32.2. The smallest absolute Gasteiger partial charge is 0.231 e. The van der Waals surface area contributed by atoms with E-state index in [9.17, 15) is 0 Å². The number of nitrogens with one attached hydrogen (secondary N) is 1. The minimum atomic E-state index is 0.298. The van der Waals surface area contributed by atoms with Crippen molar-refractivity contribution in [3.05, 3.63) is 17.7 Å². The second-order valence-corrected chi connectivity index (χ2v) is 5.93. The van der Waals surface area contributed by atoms with Gasteiger partial charge >= 0.3 is 0 Å². The van der Waals surface area contributed by atoms with E-state index in [1.807, 2.05) is 23.9 Å². The van der Waals surface area contributed by atoms with Crippen molar-refractivity contribution >= 4 is 11.8 Å². The fraction of sp³-hybridized carbons (Fsp3) is 0.600. The maximum Gasteiger partial charge on any atom is 0.231 e. The van der Waals surface area contributed by atoms with Gasteiger partial charge in [0, 0.05) is 23.9 Å². The molecule has 0 saturated carbocycles. The van der Waals surface area contributed by atoms with Gasteiger partial charge in [-0.05, 0) is 24.8 Å². The molecular formula is C15H23NO3S. The Morgan fingerprint density at radius 3 is 2.80 bits per heavy atom. The van der Waals surface area contributed by atoms with Crippen LogP contribution in [0.3, 0.4) is 0 Å². The largest absolute Gasteiger partial charge is 0.492 e. The summed E-state index contributed by atoms with van der Waals surface area (Å²) in [5.41, 5.74) is 1.13. The van der Waals surface area contributed by atoms with Crippen molar-refractivity contribution in [1.29, 1.82) is 0 Å². The fourth-order valence-corrected chi connectivity index (χ4v) is 2.48. The molecule has 0 radical (unpaired) electrons. The predicted molar refractivity (Wildman–Crippen MR) is 83.1 cm³/mol. The molecule has 0 amide bonds. The van der Waals surface area contributed by atoms with E-state index in [-0.39, 0.29) is 0 Å². The average Bonchev–Trinajstić information content (AvgIpc) is 2.91. The highest BCUT2D eigenvalue weighted by Crippen LogP contribution is 2.38. The lowest BCUT2D eigenvalue weighted by Gasteiger charge is -2.13. The first-order valence-electron chi connectivity index (χ1n) is 7.19. The zero-order chi connectivity index (χ0) is 14.2. The van der Waals surface area contributed by atoms with Gasteiger partial charge in [0.15, 0.2) is 11.5 Å². The van der Waals surface area contributed by atoms with Crippen molar-refractivity contribution in [3.8, 4) is 17.2 Å². The lowest BCUT2D eigenvalue weighted by molar-refractivity contribution is 0.173. The minimum absolute atomic E-state index is 0.298. The van der Waals surface area contributed by atoms with E-state index in [1.165, 1.54) is 0 Å². The van der Waals surface area contributed by atoms with E-state index < -0.39 is 0 Å². The molecule has 1 aromatic rings. The SMILES string of the molecule is CCCNCc1cc2c(cc1OCCSCC)OCO2. The van der Waals surface area contributed by atoms with Gasteiger partial charge in [0.1, 0.15) is 5.75 Å². The molecule has 4 nitrogen and oxygen atoms in total. The van der Waals surface area contributed by atoms with Gasteiger partial charge in [-0.3, -0.25) is 0 Å². The first-order chi connectivity index (χ1) is 9.85. The van der Waals surface area contributed by atoms with Crippen LogP contribution < -0.4 is 19.5 Å². The summed E-state index contributed by atoms with van der Waals surface area (Å²) in [5, 5.41) is 3.40. The molecule has 0 aliphatic carbocycles. The van der Waals surface area contributed by atoms with Gasteiger partial charge in [-0.1, -0.05) is 13.8 Å². The van der Waals surface area contributed by atoms with Crippen LogP contribution in [0.4, 0.5) is 0 Å². The summed E-state index contributed by atoms with van der Waals surface area (Å²) in [7, 11) is 0. The summed E-state index contributed by atoms with van der Waals surface area (Å²) in [5.74, 6) is 4.62. The van der Waals surface area contributed by atoms with E-state index in [0.717, 1.165) is 60.4 Å². The Labute approximate surface area is 125 Å². The Kier molecular flexibility index (Phi) is 6.33. The van der Waals surface area contributed by atoms with Crippen LogP contribution in [0.1, 0.15) is 25.8 Å². The molecule has 0 unspecified atom stereocenters. The van der Waals surface area contributed by atoms with Crippen LogP contribution in [-0.2, 0) is 6.54 Å². The summed E-state index contributed by atoms with van der Waals surface area (Å²) in [4.78, 5) is 0. The quantitative estimate of drug-likeness (QED) is 0.709. The predicted octanol–water partition coefficient (Wildman–Crippen LogP) is 3.05. The van der Waals surface area contributed by atoms with Gasteiger partial charge in [0.05, 0.1) is 6.61 Å². The Morgan fingerprint density at radius 2 is 2.05 bits per heavy atom. The number of hydrogen-bond donors (Lipinski definition) is 1. The molecular weight excluding hydrogens is 274 g/mol. The molecule has 1 aliphatic heterocycles. The van der Waals surface area contributed by atoms with Gasteiger partial charge < -0.3 is 19.5 Å². The molecule has 112 valence electrons. The maximum absolute atomic E-state index is 5.90. The Hall–Kier alpha value is -1.07. The zero-order valence-corrected chi connectivity index (χ0v) is 13.1. The van der Waals surface area contributed by atoms with E-state index >= 15 is 0 Å². The topological polar surface area (TPSA) is 39.7 Å². The van der Waals surface area contributed by atoms with Crippen LogP contribution in [0.25, 0.3) is 0 Å². The molecule has 0 atom stereocenters. The normalized spacial score (nSPS) is 12.7. The molecule has 20 heavy (non-hydrogen) atoms. The van der Waals surface area contributed by atoms with Crippen LogP contribution in [0.15, 0.2) is 12.1 Å². The van der Waals surface area contributed by atoms with Crippen LogP contribution in [0, 0.1) is 0 Å². The van der Waals surface area contributed by atoms with Gasteiger partial charge in [0.25, 0.3) is 0 Å². The Morgan fingerprint density at radius 1 is 1.25 bits per heavy atom.